The van der Waals surface area contributed by atoms with Crippen molar-refractivity contribution in [1.82, 2.24) is 15.3 Å². The van der Waals surface area contributed by atoms with Gasteiger partial charge in [-0.05, 0) is 23.8 Å². The molecule has 2 aromatic heterocycles. The first-order chi connectivity index (χ1) is 12.8. The molecule has 0 bridgehead atoms. The number of hydrogen-bond donors (Lipinski definition) is 3. The van der Waals surface area contributed by atoms with E-state index in [1.54, 1.807) is 12.3 Å². The summed E-state index contributed by atoms with van der Waals surface area (Å²) in [5.41, 5.74) is -0.139. The van der Waals surface area contributed by atoms with E-state index in [2.05, 4.69) is 20.6 Å². The number of fused-ring (bicyclic) bond motifs is 1. The predicted molar refractivity (Wildman–Crippen MR) is 93.0 cm³/mol. The van der Waals surface area contributed by atoms with Crippen LogP contribution in [0.15, 0.2) is 42.9 Å². The van der Waals surface area contributed by atoms with Gasteiger partial charge in [0.25, 0.3) is 0 Å². The van der Waals surface area contributed by atoms with Gasteiger partial charge in [0.05, 0.1) is 16.8 Å². The van der Waals surface area contributed by atoms with E-state index in [4.69, 9.17) is 11.6 Å². The molecule has 0 unspecified atom stereocenters. The van der Waals surface area contributed by atoms with Gasteiger partial charge >= 0.3 is 18.0 Å². The standard InChI is InChI=1S/C17H12ClF3N4O2/c18-10-2-1-9(12(5-10)17(19,20)21)6-24-15(26)16(27)25-14-8-23-13-3-4-22-7-11(13)14/h1-5,7-8,23H,6H2,(H,24,26)(H,25,27). The molecule has 0 aliphatic heterocycles. The van der Waals surface area contributed by atoms with E-state index in [9.17, 15) is 22.8 Å². The van der Waals surface area contributed by atoms with Crippen LogP contribution < -0.4 is 10.6 Å². The van der Waals surface area contributed by atoms with Crippen LogP contribution in [0.25, 0.3) is 10.9 Å². The van der Waals surface area contributed by atoms with Crippen LogP contribution in [0.3, 0.4) is 0 Å². The highest BCUT2D eigenvalue weighted by Gasteiger charge is 2.33. The number of halogens is 4. The fraction of sp³-hybridized carbons (Fsp3) is 0.118. The van der Waals surface area contributed by atoms with E-state index in [-0.39, 0.29) is 10.6 Å². The number of amides is 2. The number of H-pyrrole nitrogens is 1. The van der Waals surface area contributed by atoms with Crippen molar-refractivity contribution in [3.63, 3.8) is 0 Å². The predicted octanol–water partition coefficient (Wildman–Crippen LogP) is 3.49. The van der Waals surface area contributed by atoms with E-state index >= 15 is 0 Å². The summed E-state index contributed by atoms with van der Waals surface area (Å²) in [5.74, 6) is -2.08. The third kappa shape index (κ3) is 4.20. The van der Waals surface area contributed by atoms with Crippen LogP contribution in [-0.4, -0.2) is 21.8 Å². The first-order valence-electron chi connectivity index (χ1n) is 7.61. The largest absolute Gasteiger partial charge is 0.416 e. The first-order valence-corrected chi connectivity index (χ1v) is 7.99. The number of aromatic nitrogens is 2. The summed E-state index contributed by atoms with van der Waals surface area (Å²) in [6.07, 6.45) is -0.0904. The van der Waals surface area contributed by atoms with Crippen molar-refractivity contribution in [2.24, 2.45) is 0 Å². The average molecular weight is 397 g/mol. The molecule has 0 spiro atoms. The first kappa shape index (κ1) is 18.7. The smallest absolute Gasteiger partial charge is 0.359 e. The Labute approximate surface area is 155 Å². The molecule has 0 saturated carbocycles. The van der Waals surface area contributed by atoms with Gasteiger partial charge in [0, 0.05) is 35.5 Å². The third-order valence-electron chi connectivity index (χ3n) is 3.75. The number of rotatable bonds is 3. The number of carbonyl (C=O) groups excluding carboxylic acids is 2. The molecule has 3 aromatic rings. The summed E-state index contributed by atoms with van der Waals surface area (Å²) in [7, 11) is 0. The molecule has 27 heavy (non-hydrogen) atoms. The van der Waals surface area contributed by atoms with Gasteiger partial charge in [0.15, 0.2) is 0 Å². The molecular weight excluding hydrogens is 385 g/mol. The Bertz CT molecular complexity index is 1020. The maximum Gasteiger partial charge on any atom is 0.416 e. The van der Waals surface area contributed by atoms with Gasteiger partial charge in [0.1, 0.15) is 0 Å². The Morgan fingerprint density at radius 3 is 2.70 bits per heavy atom. The van der Waals surface area contributed by atoms with Gasteiger partial charge in [-0.15, -0.1) is 0 Å². The molecule has 0 radical (unpaired) electrons. The van der Waals surface area contributed by atoms with Crippen LogP contribution in [0.4, 0.5) is 18.9 Å². The number of pyridine rings is 1. The zero-order chi connectivity index (χ0) is 19.6. The van der Waals surface area contributed by atoms with E-state index < -0.39 is 30.1 Å². The average Bonchev–Trinajstić information content (AvgIpc) is 3.02. The Morgan fingerprint density at radius 2 is 1.96 bits per heavy atom. The summed E-state index contributed by atoms with van der Waals surface area (Å²) >= 11 is 5.60. The zero-order valence-electron chi connectivity index (χ0n) is 13.5. The van der Waals surface area contributed by atoms with Crippen molar-refractivity contribution in [1.29, 1.82) is 0 Å². The Hall–Kier alpha value is -3.07. The minimum Gasteiger partial charge on any atom is -0.359 e. The molecule has 1 aromatic carbocycles. The maximum atomic E-state index is 13.1. The molecule has 0 fully saturated rings. The Morgan fingerprint density at radius 1 is 1.19 bits per heavy atom. The fourth-order valence-electron chi connectivity index (χ4n) is 2.47. The number of nitrogens with zero attached hydrogens (tertiary/aromatic N) is 1. The lowest BCUT2D eigenvalue weighted by molar-refractivity contribution is -0.139. The molecular formula is C17H12ClF3N4O2. The molecule has 140 valence electrons. The van der Waals surface area contributed by atoms with Crippen molar-refractivity contribution in [3.8, 4) is 0 Å². The number of hydrogen-bond acceptors (Lipinski definition) is 3. The monoisotopic (exact) mass is 396 g/mol. The second-order valence-electron chi connectivity index (χ2n) is 5.56. The highest BCUT2D eigenvalue weighted by Crippen LogP contribution is 2.33. The van der Waals surface area contributed by atoms with E-state index in [0.717, 1.165) is 12.1 Å². The quantitative estimate of drug-likeness (QED) is 0.592. The fourth-order valence-corrected chi connectivity index (χ4v) is 2.64. The van der Waals surface area contributed by atoms with Crippen molar-refractivity contribution < 1.29 is 22.8 Å². The summed E-state index contributed by atoms with van der Waals surface area (Å²) < 4.78 is 39.2. The van der Waals surface area contributed by atoms with Gasteiger partial charge < -0.3 is 15.6 Å². The topological polar surface area (TPSA) is 86.9 Å². The molecule has 3 N–H and O–H groups in total. The van der Waals surface area contributed by atoms with E-state index in [1.165, 1.54) is 18.5 Å². The number of nitrogens with one attached hydrogen (secondary N) is 3. The molecule has 10 heteroatoms. The number of aromatic amines is 1. The lowest BCUT2D eigenvalue weighted by Crippen LogP contribution is -2.35. The van der Waals surface area contributed by atoms with Gasteiger partial charge in [-0.1, -0.05) is 17.7 Å². The molecule has 0 saturated heterocycles. The van der Waals surface area contributed by atoms with Crippen LogP contribution in [-0.2, 0) is 22.3 Å². The number of benzene rings is 1. The van der Waals surface area contributed by atoms with Crippen molar-refractivity contribution >= 4 is 40.0 Å². The molecule has 2 heterocycles. The second kappa shape index (κ2) is 7.28. The molecule has 0 aliphatic rings. The van der Waals surface area contributed by atoms with E-state index in [1.807, 2.05) is 0 Å². The summed E-state index contributed by atoms with van der Waals surface area (Å²) in [5, 5.41) is 5.07. The Kier molecular flexibility index (Phi) is 5.04. The van der Waals surface area contributed by atoms with Crippen LogP contribution >= 0.6 is 11.6 Å². The number of carbonyl (C=O) groups is 2. The van der Waals surface area contributed by atoms with E-state index in [0.29, 0.717) is 16.6 Å². The summed E-state index contributed by atoms with van der Waals surface area (Å²) in [4.78, 5) is 30.8. The SMILES string of the molecule is O=C(NCc1ccc(Cl)cc1C(F)(F)F)C(=O)Nc1c[nH]c2ccncc12. The number of anilines is 1. The molecule has 0 aliphatic carbocycles. The normalized spacial score (nSPS) is 11.4. The lowest BCUT2D eigenvalue weighted by Gasteiger charge is -2.13. The van der Waals surface area contributed by atoms with Crippen LogP contribution in [0.5, 0.6) is 0 Å². The molecule has 0 atom stereocenters. The molecule has 6 nitrogen and oxygen atoms in total. The highest BCUT2D eigenvalue weighted by atomic mass is 35.5. The summed E-state index contributed by atoms with van der Waals surface area (Å²) in [6.45, 7) is -0.478. The summed E-state index contributed by atoms with van der Waals surface area (Å²) in [6, 6.07) is 4.87. The van der Waals surface area contributed by atoms with Crippen LogP contribution in [0, 0.1) is 0 Å². The van der Waals surface area contributed by atoms with Gasteiger partial charge in [-0.3, -0.25) is 14.6 Å². The van der Waals surface area contributed by atoms with Crippen LogP contribution in [0.1, 0.15) is 11.1 Å². The lowest BCUT2D eigenvalue weighted by atomic mass is 10.1. The minimum atomic E-state index is -4.63. The maximum absolute atomic E-state index is 13.1. The third-order valence-corrected chi connectivity index (χ3v) is 3.99. The highest BCUT2D eigenvalue weighted by molar-refractivity contribution is 6.40. The zero-order valence-corrected chi connectivity index (χ0v) is 14.3. The van der Waals surface area contributed by atoms with Crippen molar-refractivity contribution in [2.75, 3.05) is 5.32 Å². The van der Waals surface area contributed by atoms with Gasteiger partial charge in [-0.25, -0.2) is 0 Å². The van der Waals surface area contributed by atoms with Crippen molar-refractivity contribution in [3.05, 3.63) is 59.0 Å². The molecule has 3 rings (SSSR count). The second-order valence-corrected chi connectivity index (χ2v) is 6.00. The van der Waals surface area contributed by atoms with Gasteiger partial charge in [0.2, 0.25) is 0 Å². The van der Waals surface area contributed by atoms with Crippen molar-refractivity contribution in [2.45, 2.75) is 12.7 Å². The minimum absolute atomic E-state index is 0.0805. The molecule has 2 amide bonds. The van der Waals surface area contributed by atoms with Gasteiger partial charge in [-0.2, -0.15) is 13.2 Å². The number of alkyl halides is 3. The van der Waals surface area contributed by atoms with Crippen LogP contribution in [0.2, 0.25) is 5.02 Å². The Balaban J connectivity index is 1.68.